The molecule has 102 valence electrons. The van der Waals surface area contributed by atoms with Gasteiger partial charge in [0.05, 0.1) is 6.61 Å². The van der Waals surface area contributed by atoms with Crippen LogP contribution in [0, 0.1) is 0 Å². The zero-order chi connectivity index (χ0) is 14.1. The predicted molar refractivity (Wildman–Crippen MR) is 76.7 cm³/mol. The molecule has 1 aromatic carbocycles. The Hall–Kier alpha value is -1.18. The van der Waals surface area contributed by atoms with Crippen molar-refractivity contribution < 1.29 is 9.84 Å². The molecule has 1 rings (SSSR count). The quantitative estimate of drug-likeness (QED) is 0.843. The largest absolute Gasteiger partial charge is 0.504 e. The number of phenolic OH excluding ortho intramolecular Hbond substituents is 1. The van der Waals surface area contributed by atoms with Crippen LogP contribution in [0.5, 0.6) is 11.5 Å². The van der Waals surface area contributed by atoms with Crippen LogP contribution < -0.4 is 4.74 Å². The number of phenols is 1. The van der Waals surface area contributed by atoms with E-state index in [1.54, 1.807) is 0 Å². The molecule has 0 aromatic heterocycles. The van der Waals surface area contributed by atoms with Gasteiger partial charge in [0.25, 0.3) is 0 Å². The second-order valence-corrected chi connectivity index (χ2v) is 6.81. The van der Waals surface area contributed by atoms with Crippen LogP contribution in [0.25, 0.3) is 0 Å². The van der Waals surface area contributed by atoms with E-state index in [2.05, 4.69) is 47.6 Å². The third kappa shape index (κ3) is 3.18. The van der Waals surface area contributed by atoms with Crippen molar-refractivity contribution in [1.29, 1.82) is 0 Å². The highest BCUT2D eigenvalue weighted by atomic mass is 16.5. The van der Waals surface area contributed by atoms with Crippen molar-refractivity contribution in [2.75, 3.05) is 6.61 Å². The van der Waals surface area contributed by atoms with E-state index in [1.165, 1.54) is 0 Å². The summed E-state index contributed by atoms with van der Waals surface area (Å²) in [6.07, 6.45) is 0. The Morgan fingerprint density at radius 1 is 1.00 bits per heavy atom. The van der Waals surface area contributed by atoms with E-state index in [1.807, 2.05) is 13.0 Å². The van der Waals surface area contributed by atoms with E-state index >= 15 is 0 Å². The lowest BCUT2D eigenvalue weighted by atomic mass is 9.80. The van der Waals surface area contributed by atoms with Gasteiger partial charge in [0.2, 0.25) is 0 Å². The zero-order valence-corrected chi connectivity index (χ0v) is 12.7. The van der Waals surface area contributed by atoms with Gasteiger partial charge in [0, 0.05) is 5.56 Å². The molecule has 0 saturated carbocycles. The molecular formula is C16H26O2. The van der Waals surface area contributed by atoms with Crippen LogP contribution in [-0.2, 0) is 10.8 Å². The molecule has 0 heterocycles. The monoisotopic (exact) mass is 250 g/mol. The molecule has 2 nitrogen and oxygen atoms in total. The van der Waals surface area contributed by atoms with E-state index in [9.17, 15) is 5.11 Å². The molecule has 0 aliphatic carbocycles. The van der Waals surface area contributed by atoms with Crippen molar-refractivity contribution >= 4 is 0 Å². The summed E-state index contributed by atoms with van der Waals surface area (Å²) < 4.78 is 5.61. The maximum atomic E-state index is 10.2. The molecule has 0 unspecified atom stereocenters. The predicted octanol–water partition coefficient (Wildman–Crippen LogP) is 4.39. The second kappa shape index (κ2) is 4.83. The van der Waals surface area contributed by atoms with Crippen molar-refractivity contribution in [3.63, 3.8) is 0 Å². The topological polar surface area (TPSA) is 29.5 Å². The molecule has 0 amide bonds. The van der Waals surface area contributed by atoms with Crippen LogP contribution in [0.3, 0.4) is 0 Å². The van der Waals surface area contributed by atoms with Gasteiger partial charge in [-0.05, 0) is 29.4 Å². The maximum Gasteiger partial charge on any atom is 0.164 e. The molecule has 1 N–H and O–H groups in total. The van der Waals surface area contributed by atoms with Crippen molar-refractivity contribution in [3.8, 4) is 11.5 Å². The first-order chi connectivity index (χ1) is 8.07. The van der Waals surface area contributed by atoms with Gasteiger partial charge in [-0.3, -0.25) is 0 Å². The van der Waals surface area contributed by atoms with E-state index in [4.69, 9.17) is 4.74 Å². The minimum absolute atomic E-state index is 0.0161. The maximum absolute atomic E-state index is 10.2. The molecule has 0 aliphatic heterocycles. The Balaban J connectivity index is 3.47. The van der Waals surface area contributed by atoms with Crippen molar-refractivity contribution in [2.45, 2.75) is 59.3 Å². The van der Waals surface area contributed by atoms with Crippen LogP contribution in [0.1, 0.15) is 59.6 Å². The second-order valence-electron chi connectivity index (χ2n) is 6.81. The molecule has 2 heteroatoms. The fraction of sp³-hybridized carbons (Fsp3) is 0.625. The standard InChI is InChI=1S/C16H26O2/c1-8-18-14-12(16(5,6)7)9-11(10-13(14)17)15(2,3)4/h9-10,17H,8H2,1-7H3. The van der Waals surface area contributed by atoms with Gasteiger partial charge < -0.3 is 9.84 Å². The van der Waals surface area contributed by atoms with Crippen LogP contribution >= 0.6 is 0 Å². The lowest BCUT2D eigenvalue weighted by Crippen LogP contribution is -2.17. The van der Waals surface area contributed by atoms with E-state index in [-0.39, 0.29) is 16.6 Å². The summed E-state index contributed by atoms with van der Waals surface area (Å²) in [5, 5.41) is 10.2. The van der Waals surface area contributed by atoms with Gasteiger partial charge in [0.1, 0.15) is 0 Å². The average molecular weight is 250 g/mol. The van der Waals surface area contributed by atoms with Crippen LogP contribution in [0.15, 0.2) is 12.1 Å². The SMILES string of the molecule is CCOc1c(O)cc(C(C)(C)C)cc1C(C)(C)C. The summed E-state index contributed by atoms with van der Waals surface area (Å²) in [7, 11) is 0. The molecule has 0 saturated heterocycles. The minimum Gasteiger partial charge on any atom is -0.504 e. The van der Waals surface area contributed by atoms with Crippen LogP contribution in [-0.4, -0.2) is 11.7 Å². The van der Waals surface area contributed by atoms with Crippen LogP contribution in [0.2, 0.25) is 0 Å². The fourth-order valence-electron chi connectivity index (χ4n) is 1.90. The van der Waals surface area contributed by atoms with Crippen molar-refractivity contribution in [1.82, 2.24) is 0 Å². The molecule has 0 aliphatic rings. The van der Waals surface area contributed by atoms with Gasteiger partial charge in [-0.2, -0.15) is 0 Å². The normalized spacial score (nSPS) is 12.6. The molecule has 0 fully saturated rings. The minimum atomic E-state index is -0.0523. The Kier molecular flexibility index (Phi) is 3.99. The van der Waals surface area contributed by atoms with Crippen molar-refractivity contribution in [2.24, 2.45) is 0 Å². The molecule has 0 spiro atoms. The highest BCUT2D eigenvalue weighted by Gasteiger charge is 2.25. The highest BCUT2D eigenvalue weighted by Crippen LogP contribution is 2.41. The lowest BCUT2D eigenvalue weighted by Gasteiger charge is -2.27. The Labute approximate surface area is 111 Å². The molecule has 1 aromatic rings. The average Bonchev–Trinajstić information content (AvgIpc) is 2.17. The van der Waals surface area contributed by atoms with Gasteiger partial charge in [0.15, 0.2) is 11.5 Å². The molecule has 0 radical (unpaired) electrons. The summed E-state index contributed by atoms with van der Waals surface area (Å²) in [5.41, 5.74) is 2.16. The van der Waals surface area contributed by atoms with Gasteiger partial charge >= 0.3 is 0 Å². The highest BCUT2D eigenvalue weighted by molar-refractivity contribution is 5.52. The smallest absolute Gasteiger partial charge is 0.164 e. The summed E-state index contributed by atoms with van der Waals surface area (Å²) in [6, 6.07) is 3.98. The van der Waals surface area contributed by atoms with Gasteiger partial charge in [-0.25, -0.2) is 0 Å². The molecule has 18 heavy (non-hydrogen) atoms. The molecular weight excluding hydrogens is 224 g/mol. The van der Waals surface area contributed by atoms with Gasteiger partial charge in [-0.1, -0.05) is 47.6 Å². The van der Waals surface area contributed by atoms with E-state index < -0.39 is 0 Å². The first-order valence-corrected chi connectivity index (χ1v) is 6.58. The van der Waals surface area contributed by atoms with E-state index in [0.29, 0.717) is 12.4 Å². The number of aromatic hydroxyl groups is 1. The third-order valence-corrected chi connectivity index (χ3v) is 3.03. The zero-order valence-electron chi connectivity index (χ0n) is 12.7. The number of rotatable bonds is 2. The number of hydrogen-bond donors (Lipinski definition) is 1. The summed E-state index contributed by atoms with van der Waals surface area (Å²) >= 11 is 0. The Bertz CT molecular complexity index is 420. The summed E-state index contributed by atoms with van der Waals surface area (Å²) in [5.74, 6) is 0.868. The lowest BCUT2D eigenvalue weighted by molar-refractivity contribution is 0.307. The fourth-order valence-corrected chi connectivity index (χ4v) is 1.90. The first-order valence-electron chi connectivity index (χ1n) is 6.58. The molecule has 0 atom stereocenters. The van der Waals surface area contributed by atoms with Crippen molar-refractivity contribution in [3.05, 3.63) is 23.3 Å². The van der Waals surface area contributed by atoms with E-state index in [0.717, 1.165) is 11.1 Å². The summed E-state index contributed by atoms with van der Waals surface area (Å²) in [4.78, 5) is 0. The number of hydrogen-bond acceptors (Lipinski definition) is 2. The Morgan fingerprint density at radius 2 is 1.56 bits per heavy atom. The third-order valence-electron chi connectivity index (χ3n) is 3.03. The summed E-state index contributed by atoms with van der Waals surface area (Å²) in [6.45, 7) is 15.3. The number of benzene rings is 1. The van der Waals surface area contributed by atoms with Crippen LogP contribution in [0.4, 0.5) is 0 Å². The Morgan fingerprint density at radius 3 is 1.94 bits per heavy atom. The first kappa shape index (κ1) is 14.9. The van der Waals surface area contributed by atoms with Gasteiger partial charge in [-0.15, -0.1) is 0 Å². The molecule has 0 bridgehead atoms. The number of ether oxygens (including phenoxy) is 1.